The third-order valence-corrected chi connectivity index (χ3v) is 4.94. The number of rotatable bonds is 6. The Balaban J connectivity index is 1.35. The van der Waals surface area contributed by atoms with Gasteiger partial charge in [-0.15, -0.1) is 0 Å². The maximum absolute atomic E-state index is 9.92. The number of likely N-dealkylation sites (tertiary alicyclic amines) is 1. The van der Waals surface area contributed by atoms with E-state index in [4.69, 9.17) is 10.5 Å². The summed E-state index contributed by atoms with van der Waals surface area (Å²) in [6.07, 6.45) is 3.18. The fraction of sp³-hybridized carbons (Fsp3) is 0.647. The second-order valence-corrected chi connectivity index (χ2v) is 6.38. The molecular formula is C17H26N2O2. The molecule has 0 radical (unpaired) electrons. The Morgan fingerprint density at radius 3 is 2.71 bits per heavy atom. The van der Waals surface area contributed by atoms with Crippen molar-refractivity contribution in [3.05, 3.63) is 29.8 Å². The minimum atomic E-state index is -0.0580. The van der Waals surface area contributed by atoms with E-state index in [2.05, 4.69) is 4.90 Å². The normalized spacial score (nSPS) is 28.8. The minimum Gasteiger partial charge on any atom is -0.494 e. The number of aliphatic hydroxyl groups excluding tert-OH is 1. The minimum absolute atomic E-state index is 0.0580. The summed E-state index contributed by atoms with van der Waals surface area (Å²) < 4.78 is 5.76. The molecule has 3 atom stereocenters. The molecule has 2 aliphatic rings. The van der Waals surface area contributed by atoms with Crippen LogP contribution in [0.4, 0.5) is 0 Å². The Labute approximate surface area is 126 Å². The summed E-state index contributed by atoms with van der Waals surface area (Å²) in [6.45, 7) is 4.62. The highest BCUT2D eigenvalue weighted by atomic mass is 16.5. The van der Waals surface area contributed by atoms with Crippen LogP contribution in [0.5, 0.6) is 5.75 Å². The second kappa shape index (κ2) is 6.77. The first-order valence-corrected chi connectivity index (χ1v) is 8.08. The molecule has 1 aromatic rings. The van der Waals surface area contributed by atoms with Gasteiger partial charge in [0.05, 0.1) is 12.7 Å². The number of aliphatic hydroxyl groups is 1. The van der Waals surface area contributed by atoms with Crippen molar-refractivity contribution >= 4 is 0 Å². The monoisotopic (exact) mass is 290 g/mol. The molecule has 3 N–H and O–H groups in total. The van der Waals surface area contributed by atoms with Crippen LogP contribution in [0.25, 0.3) is 0 Å². The summed E-state index contributed by atoms with van der Waals surface area (Å²) in [6, 6.07) is 7.99. The number of benzene rings is 1. The summed E-state index contributed by atoms with van der Waals surface area (Å²) in [5.41, 5.74) is 6.70. The number of fused-ring (bicyclic) bond motifs is 1. The van der Waals surface area contributed by atoms with Gasteiger partial charge in [0.15, 0.2) is 0 Å². The first-order chi connectivity index (χ1) is 10.3. The molecule has 3 rings (SSSR count). The number of nitrogens with two attached hydrogens (primary N) is 1. The maximum Gasteiger partial charge on any atom is 0.119 e. The lowest BCUT2D eigenvalue weighted by molar-refractivity contribution is 0.123. The van der Waals surface area contributed by atoms with Gasteiger partial charge < -0.3 is 20.5 Å². The van der Waals surface area contributed by atoms with Gasteiger partial charge in [-0.1, -0.05) is 12.1 Å². The number of hydrogen-bond donors (Lipinski definition) is 2. The van der Waals surface area contributed by atoms with Gasteiger partial charge in [0.1, 0.15) is 5.75 Å². The van der Waals surface area contributed by atoms with Crippen molar-refractivity contribution in [1.29, 1.82) is 0 Å². The van der Waals surface area contributed by atoms with Crippen molar-refractivity contribution in [2.75, 3.05) is 26.2 Å². The lowest BCUT2D eigenvalue weighted by atomic mass is 10.00. The molecular weight excluding hydrogens is 264 g/mol. The zero-order valence-electron chi connectivity index (χ0n) is 12.6. The van der Waals surface area contributed by atoms with E-state index < -0.39 is 0 Å². The molecule has 0 amide bonds. The predicted molar refractivity (Wildman–Crippen MR) is 83.1 cm³/mol. The SMILES string of the molecule is NCc1ccc(OCCCN2CC3CCC(O)C3C2)cc1. The fourth-order valence-corrected chi connectivity index (χ4v) is 3.71. The molecule has 1 heterocycles. The Kier molecular flexibility index (Phi) is 4.78. The second-order valence-electron chi connectivity index (χ2n) is 6.38. The Hall–Kier alpha value is -1.10. The van der Waals surface area contributed by atoms with Crippen LogP contribution in [0.2, 0.25) is 0 Å². The number of ether oxygens (including phenoxy) is 1. The zero-order valence-corrected chi connectivity index (χ0v) is 12.6. The third kappa shape index (κ3) is 3.57. The quantitative estimate of drug-likeness (QED) is 0.782. The van der Waals surface area contributed by atoms with Crippen molar-refractivity contribution in [3.63, 3.8) is 0 Å². The highest BCUT2D eigenvalue weighted by Gasteiger charge is 2.41. The summed E-state index contributed by atoms with van der Waals surface area (Å²) in [7, 11) is 0. The molecule has 1 aliphatic heterocycles. The molecule has 0 aromatic heterocycles. The lowest BCUT2D eigenvalue weighted by Gasteiger charge is -2.18. The Morgan fingerprint density at radius 1 is 1.19 bits per heavy atom. The Bertz CT molecular complexity index is 449. The molecule has 1 saturated heterocycles. The van der Waals surface area contributed by atoms with Gasteiger partial charge in [0.25, 0.3) is 0 Å². The van der Waals surface area contributed by atoms with E-state index in [-0.39, 0.29) is 6.10 Å². The van der Waals surface area contributed by atoms with Crippen LogP contribution >= 0.6 is 0 Å². The highest BCUT2D eigenvalue weighted by Crippen LogP contribution is 2.37. The largest absolute Gasteiger partial charge is 0.494 e. The smallest absolute Gasteiger partial charge is 0.119 e. The molecule has 1 aromatic carbocycles. The van der Waals surface area contributed by atoms with Crippen molar-refractivity contribution in [1.82, 2.24) is 4.90 Å². The standard InChI is InChI=1S/C17H26N2O2/c18-10-13-2-5-15(6-3-13)21-9-1-8-19-11-14-4-7-17(20)16(14)12-19/h2-3,5-6,14,16-17,20H,1,4,7-12,18H2. The van der Waals surface area contributed by atoms with Crippen LogP contribution in [-0.4, -0.2) is 42.4 Å². The van der Waals surface area contributed by atoms with E-state index in [1.807, 2.05) is 24.3 Å². The molecule has 116 valence electrons. The molecule has 21 heavy (non-hydrogen) atoms. The van der Waals surface area contributed by atoms with E-state index in [1.54, 1.807) is 0 Å². The summed E-state index contributed by atoms with van der Waals surface area (Å²) >= 11 is 0. The van der Waals surface area contributed by atoms with Crippen LogP contribution in [0.15, 0.2) is 24.3 Å². The van der Waals surface area contributed by atoms with Crippen LogP contribution < -0.4 is 10.5 Å². The van der Waals surface area contributed by atoms with Crippen LogP contribution in [0, 0.1) is 11.8 Å². The number of hydrogen-bond acceptors (Lipinski definition) is 4. The van der Waals surface area contributed by atoms with Gasteiger partial charge in [-0.05, 0) is 42.9 Å². The van der Waals surface area contributed by atoms with Gasteiger partial charge in [0.2, 0.25) is 0 Å². The highest BCUT2D eigenvalue weighted by molar-refractivity contribution is 5.27. The fourth-order valence-electron chi connectivity index (χ4n) is 3.71. The van der Waals surface area contributed by atoms with Crippen LogP contribution in [0.3, 0.4) is 0 Å². The predicted octanol–water partition coefficient (Wildman–Crippen LogP) is 1.62. The molecule has 0 bridgehead atoms. The van der Waals surface area contributed by atoms with Crippen molar-refractivity contribution in [2.24, 2.45) is 17.6 Å². The first kappa shape index (κ1) is 14.8. The Morgan fingerprint density at radius 2 is 2.00 bits per heavy atom. The molecule has 4 heteroatoms. The molecule has 1 aliphatic carbocycles. The van der Waals surface area contributed by atoms with Crippen molar-refractivity contribution in [2.45, 2.75) is 31.9 Å². The topological polar surface area (TPSA) is 58.7 Å². The summed E-state index contributed by atoms with van der Waals surface area (Å²) in [5.74, 6) is 2.17. The maximum atomic E-state index is 9.92. The number of nitrogens with zero attached hydrogens (tertiary/aromatic N) is 1. The first-order valence-electron chi connectivity index (χ1n) is 8.08. The van der Waals surface area contributed by atoms with Crippen LogP contribution in [-0.2, 0) is 6.54 Å². The molecule has 3 unspecified atom stereocenters. The third-order valence-electron chi connectivity index (χ3n) is 4.94. The van der Waals surface area contributed by atoms with E-state index in [1.165, 1.54) is 6.42 Å². The van der Waals surface area contributed by atoms with E-state index in [0.29, 0.717) is 12.5 Å². The van der Waals surface area contributed by atoms with Gasteiger partial charge in [-0.25, -0.2) is 0 Å². The van der Waals surface area contributed by atoms with E-state index in [0.717, 1.165) is 56.3 Å². The van der Waals surface area contributed by atoms with Gasteiger partial charge >= 0.3 is 0 Å². The molecule has 1 saturated carbocycles. The van der Waals surface area contributed by atoms with Gasteiger partial charge in [-0.3, -0.25) is 0 Å². The zero-order chi connectivity index (χ0) is 14.7. The van der Waals surface area contributed by atoms with Gasteiger partial charge in [-0.2, -0.15) is 0 Å². The summed E-state index contributed by atoms with van der Waals surface area (Å²) in [4.78, 5) is 2.48. The average Bonchev–Trinajstić information content (AvgIpc) is 3.06. The average molecular weight is 290 g/mol. The van der Waals surface area contributed by atoms with Crippen molar-refractivity contribution < 1.29 is 9.84 Å². The van der Waals surface area contributed by atoms with E-state index in [9.17, 15) is 5.11 Å². The molecule has 4 nitrogen and oxygen atoms in total. The van der Waals surface area contributed by atoms with Crippen molar-refractivity contribution in [3.8, 4) is 5.75 Å². The lowest BCUT2D eigenvalue weighted by Crippen LogP contribution is -2.26. The summed E-state index contributed by atoms with van der Waals surface area (Å²) in [5, 5.41) is 9.92. The van der Waals surface area contributed by atoms with E-state index >= 15 is 0 Å². The van der Waals surface area contributed by atoms with Crippen LogP contribution in [0.1, 0.15) is 24.8 Å². The molecule has 0 spiro atoms. The molecule has 2 fully saturated rings. The van der Waals surface area contributed by atoms with Gasteiger partial charge in [0, 0.05) is 32.1 Å².